The summed E-state index contributed by atoms with van der Waals surface area (Å²) < 4.78 is 11.4. The van der Waals surface area contributed by atoms with Gasteiger partial charge in [0, 0.05) is 24.1 Å². The molecule has 3 heterocycles. The van der Waals surface area contributed by atoms with Crippen LogP contribution in [0.3, 0.4) is 0 Å². The van der Waals surface area contributed by atoms with Gasteiger partial charge in [-0.05, 0) is 37.3 Å². The Hall–Kier alpha value is -3.39. The van der Waals surface area contributed by atoms with Crippen LogP contribution in [0, 0.1) is 6.92 Å². The summed E-state index contributed by atoms with van der Waals surface area (Å²) in [6.45, 7) is 5.01. The van der Waals surface area contributed by atoms with Gasteiger partial charge in [0.1, 0.15) is 25.8 Å². The van der Waals surface area contributed by atoms with Crippen LogP contribution in [0.2, 0.25) is 0 Å². The second kappa shape index (κ2) is 8.39. The van der Waals surface area contributed by atoms with Crippen molar-refractivity contribution >= 4 is 17.6 Å². The van der Waals surface area contributed by atoms with Crippen molar-refractivity contribution in [2.75, 3.05) is 30.8 Å². The molecular formula is C23H27N6O2+. The van der Waals surface area contributed by atoms with Crippen LogP contribution >= 0.6 is 0 Å². The summed E-state index contributed by atoms with van der Waals surface area (Å²) in [7, 11) is 0. The maximum Gasteiger partial charge on any atom is 0.232 e. The summed E-state index contributed by atoms with van der Waals surface area (Å²) in [6, 6.07) is 14.7. The predicted octanol–water partition coefficient (Wildman–Crippen LogP) is 2.20. The Kier molecular flexibility index (Phi) is 5.30. The second-order valence-corrected chi connectivity index (χ2v) is 8.11. The molecule has 160 valence electrons. The van der Waals surface area contributed by atoms with Gasteiger partial charge in [-0.25, -0.2) is 0 Å². The fourth-order valence-electron chi connectivity index (χ4n) is 4.34. The minimum Gasteiger partial charge on any atom is -0.486 e. The molecule has 2 atom stereocenters. The quantitative estimate of drug-likeness (QED) is 0.583. The molecule has 0 saturated carbocycles. The number of quaternary nitrogens is 1. The Bertz CT molecular complexity index is 1070. The third kappa shape index (κ3) is 4.39. The predicted molar refractivity (Wildman–Crippen MR) is 118 cm³/mol. The number of anilines is 3. The number of likely N-dealkylation sites (tertiary alicyclic amines) is 1. The highest BCUT2D eigenvalue weighted by Crippen LogP contribution is 2.33. The molecule has 0 amide bonds. The van der Waals surface area contributed by atoms with Crippen LogP contribution in [-0.4, -0.2) is 34.7 Å². The molecule has 2 aliphatic heterocycles. The zero-order chi connectivity index (χ0) is 21.2. The number of benzene rings is 2. The average molecular weight is 420 g/mol. The molecule has 0 radical (unpaired) electrons. The third-order valence-corrected chi connectivity index (χ3v) is 5.84. The van der Waals surface area contributed by atoms with E-state index in [2.05, 4.69) is 39.3 Å². The Morgan fingerprint density at radius 3 is 2.68 bits per heavy atom. The largest absolute Gasteiger partial charge is 0.486 e. The van der Waals surface area contributed by atoms with E-state index in [4.69, 9.17) is 15.2 Å². The van der Waals surface area contributed by atoms with Crippen molar-refractivity contribution in [3.05, 3.63) is 59.4 Å². The van der Waals surface area contributed by atoms with E-state index in [9.17, 15) is 0 Å². The summed E-state index contributed by atoms with van der Waals surface area (Å²) in [6.07, 6.45) is 2.27. The molecule has 2 aliphatic rings. The van der Waals surface area contributed by atoms with Crippen LogP contribution in [0.15, 0.2) is 42.5 Å². The van der Waals surface area contributed by atoms with Gasteiger partial charge in [-0.2, -0.15) is 15.0 Å². The number of aryl methyl sites for hydroxylation is 1. The molecule has 1 saturated heterocycles. The summed E-state index contributed by atoms with van der Waals surface area (Å²) in [5.41, 5.74) is 9.37. The summed E-state index contributed by atoms with van der Waals surface area (Å²) in [5, 5.41) is 3.23. The number of hydrogen-bond acceptors (Lipinski definition) is 7. The molecule has 0 aliphatic carbocycles. The molecule has 4 N–H and O–H groups in total. The normalized spacial score (nSPS) is 19.9. The lowest BCUT2D eigenvalue weighted by molar-refractivity contribution is -0.932. The first-order chi connectivity index (χ1) is 15.1. The standard InChI is InChI=1S/C23H26N6O2/c1-15-4-7-17(8-5-15)25-23-27-21(26-22(24)28-23)14-29-10-2-3-18(29)16-6-9-19-20(13-16)31-12-11-30-19/h4-9,13,18H,2-3,10-12,14H2,1H3,(H3,24,25,26,27,28)/p+1/t18-/m1/s1. The maximum absolute atomic E-state index is 5.99. The van der Waals surface area contributed by atoms with Crippen molar-refractivity contribution < 1.29 is 14.4 Å². The molecule has 8 nitrogen and oxygen atoms in total. The fourth-order valence-corrected chi connectivity index (χ4v) is 4.34. The Balaban J connectivity index is 1.34. The molecule has 1 aromatic heterocycles. The van der Waals surface area contributed by atoms with Gasteiger partial charge in [-0.1, -0.05) is 17.7 Å². The van der Waals surface area contributed by atoms with Gasteiger partial charge in [0.05, 0.1) is 6.54 Å². The summed E-state index contributed by atoms with van der Waals surface area (Å²) >= 11 is 0. The van der Waals surface area contributed by atoms with E-state index < -0.39 is 0 Å². The zero-order valence-electron chi connectivity index (χ0n) is 17.6. The summed E-state index contributed by atoms with van der Waals surface area (Å²) in [5.74, 6) is 3.06. The highest BCUT2D eigenvalue weighted by Gasteiger charge is 2.32. The van der Waals surface area contributed by atoms with Crippen molar-refractivity contribution in [1.82, 2.24) is 15.0 Å². The van der Waals surface area contributed by atoms with E-state index in [1.807, 2.05) is 30.3 Å². The monoisotopic (exact) mass is 419 g/mol. The van der Waals surface area contributed by atoms with Crippen molar-refractivity contribution in [1.29, 1.82) is 0 Å². The molecular weight excluding hydrogens is 392 g/mol. The van der Waals surface area contributed by atoms with Gasteiger partial charge >= 0.3 is 0 Å². The van der Waals surface area contributed by atoms with E-state index in [0.717, 1.165) is 36.6 Å². The van der Waals surface area contributed by atoms with Crippen LogP contribution in [0.4, 0.5) is 17.6 Å². The van der Waals surface area contributed by atoms with E-state index in [1.165, 1.54) is 16.0 Å². The Labute approximate surface area is 181 Å². The Morgan fingerprint density at radius 1 is 1.03 bits per heavy atom. The molecule has 1 fully saturated rings. The number of hydrogen-bond donors (Lipinski definition) is 3. The van der Waals surface area contributed by atoms with E-state index in [0.29, 0.717) is 37.6 Å². The topological polar surface area (TPSA) is 99.6 Å². The van der Waals surface area contributed by atoms with Gasteiger partial charge in [-0.3, -0.25) is 0 Å². The lowest BCUT2D eigenvalue weighted by Gasteiger charge is -2.24. The molecule has 5 rings (SSSR count). The van der Waals surface area contributed by atoms with Gasteiger partial charge < -0.3 is 25.4 Å². The lowest BCUT2D eigenvalue weighted by Crippen LogP contribution is -3.09. The van der Waals surface area contributed by atoms with Gasteiger partial charge in [0.25, 0.3) is 0 Å². The van der Waals surface area contributed by atoms with Crippen LogP contribution in [0.25, 0.3) is 0 Å². The molecule has 3 aromatic rings. The number of ether oxygens (including phenoxy) is 2. The summed E-state index contributed by atoms with van der Waals surface area (Å²) in [4.78, 5) is 14.7. The molecule has 2 aromatic carbocycles. The number of rotatable bonds is 5. The number of nitrogens with one attached hydrogen (secondary N) is 2. The van der Waals surface area contributed by atoms with Crippen LogP contribution in [-0.2, 0) is 6.54 Å². The molecule has 0 spiro atoms. The van der Waals surface area contributed by atoms with Crippen molar-refractivity contribution in [3.8, 4) is 11.5 Å². The highest BCUT2D eigenvalue weighted by molar-refractivity contribution is 5.54. The second-order valence-electron chi connectivity index (χ2n) is 8.11. The highest BCUT2D eigenvalue weighted by atomic mass is 16.6. The number of nitrogens with two attached hydrogens (primary N) is 1. The first-order valence-electron chi connectivity index (χ1n) is 10.7. The van der Waals surface area contributed by atoms with Gasteiger partial charge in [0.2, 0.25) is 11.9 Å². The first-order valence-corrected chi connectivity index (χ1v) is 10.7. The lowest BCUT2D eigenvalue weighted by atomic mass is 10.0. The van der Waals surface area contributed by atoms with Crippen LogP contribution < -0.4 is 25.4 Å². The number of nitrogens with zero attached hydrogens (tertiary/aromatic N) is 3. The van der Waals surface area contributed by atoms with Crippen LogP contribution in [0.5, 0.6) is 11.5 Å². The number of fused-ring (bicyclic) bond motifs is 1. The minimum absolute atomic E-state index is 0.231. The average Bonchev–Trinajstić information content (AvgIpc) is 3.22. The smallest absolute Gasteiger partial charge is 0.232 e. The van der Waals surface area contributed by atoms with E-state index in [-0.39, 0.29) is 5.95 Å². The third-order valence-electron chi connectivity index (χ3n) is 5.84. The maximum atomic E-state index is 5.99. The van der Waals surface area contributed by atoms with Gasteiger partial charge in [-0.15, -0.1) is 0 Å². The SMILES string of the molecule is Cc1ccc(Nc2nc(N)nc(C[NH+]3CCC[C@@H]3c3ccc4c(c3)OCCO4)n2)cc1. The Morgan fingerprint density at radius 2 is 1.84 bits per heavy atom. The van der Waals surface area contributed by atoms with Crippen molar-refractivity contribution in [2.45, 2.75) is 32.4 Å². The molecule has 0 bridgehead atoms. The van der Waals surface area contributed by atoms with E-state index >= 15 is 0 Å². The van der Waals surface area contributed by atoms with Crippen molar-refractivity contribution in [2.24, 2.45) is 0 Å². The molecule has 31 heavy (non-hydrogen) atoms. The van der Waals surface area contributed by atoms with E-state index in [1.54, 1.807) is 0 Å². The van der Waals surface area contributed by atoms with Crippen molar-refractivity contribution in [3.63, 3.8) is 0 Å². The van der Waals surface area contributed by atoms with Gasteiger partial charge in [0.15, 0.2) is 17.3 Å². The van der Waals surface area contributed by atoms with Crippen LogP contribution in [0.1, 0.15) is 35.8 Å². The fraction of sp³-hybridized carbons (Fsp3) is 0.348. The molecule has 8 heteroatoms. The first kappa shape index (κ1) is 19.6. The zero-order valence-corrected chi connectivity index (χ0v) is 17.6. The minimum atomic E-state index is 0.231. The number of nitrogen functional groups attached to an aromatic ring is 1. The molecule has 1 unspecified atom stereocenters. The number of aromatic nitrogens is 3.